The Morgan fingerprint density at radius 3 is 2.42 bits per heavy atom. The Morgan fingerprint density at radius 1 is 1.26 bits per heavy atom. The van der Waals surface area contributed by atoms with Crippen LogP contribution in [0.3, 0.4) is 0 Å². The van der Waals surface area contributed by atoms with E-state index in [1.165, 1.54) is 6.26 Å². The first kappa shape index (κ1) is 13.5. The van der Waals surface area contributed by atoms with Gasteiger partial charge in [-0.3, -0.25) is 4.79 Å². The van der Waals surface area contributed by atoms with Gasteiger partial charge in [-0.25, -0.2) is 4.79 Å². The number of carbonyl (C=O) groups excluding carboxylic acids is 2. The zero-order valence-electron chi connectivity index (χ0n) is 11.3. The molecule has 0 bridgehead atoms. The molecular formula is C13H19N3O3. The van der Waals surface area contributed by atoms with Crippen LogP contribution in [0.5, 0.6) is 0 Å². The molecule has 2 rings (SSSR count). The number of urea groups is 1. The van der Waals surface area contributed by atoms with Crippen LogP contribution >= 0.6 is 0 Å². The molecule has 0 radical (unpaired) electrons. The third-order valence-corrected chi connectivity index (χ3v) is 3.27. The number of aryl methyl sites for hydroxylation is 1. The number of nitrogens with one attached hydrogen (secondary N) is 1. The molecule has 3 amide bonds. The van der Waals surface area contributed by atoms with Crippen LogP contribution in [-0.2, 0) is 0 Å². The Bertz CT molecular complexity index is 461. The van der Waals surface area contributed by atoms with Crippen LogP contribution < -0.4 is 5.32 Å². The molecule has 6 nitrogen and oxygen atoms in total. The van der Waals surface area contributed by atoms with Crippen molar-refractivity contribution < 1.29 is 14.0 Å². The van der Waals surface area contributed by atoms with E-state index in [1.807, 2.05) is 6.92 Å². The molecule has 0 aromatic carbocycles. The summed E-state index contributed by atoms with van der Waals surface area (Å²) in [6.07, 6.45) is 1.52. The number of amides is 3. The lowest BCUT2D eigenvalue weighted by Crippen LogP contribution is -2.53. The maximum Gasteiger partial charge on any atom is 0.317 e. The van der Waals surface area contributed by atoms with E-state index >= 15 is 0 Å². The number of hydrogen-bond donors (Lipinski definition) is 1. The summed E-state index contributed by atoms with van der Waals surface area (Å²) in [6.45, 7) is 6.52. The molecule has 1 N–H and O–H groups in total. The molecule has 0 unspecified atom stereocenters. The molecule has 0 spiro atoms. The molecule has 0 saturated carbocycles. The molecule has 1 aliphatic rings. The molecule has 6 heteroatoms. The average molecular weight is 265 g/mol. The average Bonchev–Trinajstić information content (AvgIpc) is 2.84. The summed E-state index contributed by atoms with van der Waals surface area (Å²) < 4.78 is 5.15. The van der Waals surface area contributed by atoms with E-state index in [2.05, 4.69) is 5.32 Å². The molecule has 2 heterocycles. The second kappa shape index (κ2) is 5.77. The topological polar surface area (TPSA) is 65.8 Å². The predicted molar refractivity (Wildman–Crippen MR) is 70.0 cm³/mol. The van der Waals surface area contributed by atoms with Gasteiger partial charge in [0.25, 0.3) is 5.91 Å². The van der Waals surface area contributed by atoms with Gasteiger partial charge in [-0.1, -0.05) is 0 Å². The van der Waals surface area contributed by atoms with Gasteiger partial charge in [0.15, 0.2) is 0 Å². The van der Waals surface area contributed by atoms with Gasteiger partial charge in [0.2, 0.25) is 0 Å². The van der Waals surface area contributed by atoms with E-state index in [9.17, 15) is 9.59 Å². The van der Waals surface area contributed by atoms with Crippen molar-refractivity contribution >= 4 is 11.9 Å². The fourth-order valence-electron chi connectivity index (χ4n) is 2.15. The van der Waals surface area contributed by atoms with Crippen LogP contribution in [0.4, 0.5) is 4.79 Å². The van der Waals surface area contributed by atoms with Gasteiger partial charge >= 0.3 is 6.03 Å². The van der Waals surface area contributed by atoms with Gasteiger partial charge < -0.3 is 19.5 Å². The van der Waals surface area contributed by atoms with E-state index in [-0.39, 0.29) is 11.9 Å². The lowest BCUT2D eigenvalue weighted by Gasteiger charge is -2.34. The highest BCUT2D eigenvalue weighted by atomic mass is 16.3. The van der Waals surface area contributed by atoms with E-state index in [1.54, 1.807) is 22.8 Å². The van der Waals surface area contributed by atoms with Crippen molar-refractivity contribution in [1.29, 1.82) is 0 Å². The Balaban J connectivity index is 1.92. The summed E-state index contributed by atoms with van der Waals surface area (Å²) in [5, 5.41) is 2.76. The second-order valence-corrected chi connectivity index (χ2v) is 4.51. The minimum absolute atomic E-state index is 0.0261. The van der Waals surface area contributed by atoms with Gasteiger partial charge in [-0.05, 0) is 19.9 Å². The Kier molecular flexibility index (Phi) is 4.09. The van der Waals surface area contributed by atoms with Gasteiger partial charge in [0.1, 0.15) is 5.76 Å². The molecule has 19 heavy (non-hydrogen) atoms. The van der Waals surface area contributed by atoms with Crippen LogP contribution in [0.2, 0.25) is 0 Å². The first-order valence-electron chi connectivity index (χ1n) is 6.49. The Labute approximate surface area is 112 Å². The number of carbonyl (C=O) groups is 2. The van der Waals surface area contributed by atoms with Gasteiger partial charge in [-0.2, -0.15) is 0 Å². The zero-order chi connectivity index (χ0) is 13.8. The van der Waals surface area contributed by atoms with Crippen molar-refractivity contribution in [2.45, 2.75) is 13.8 Å². The van der Waals surface area contributed by atoms with E-state index in [0.29, 0.717) is 44.0 Å². The number of furan rings is 1. The monoisotopic (exact) mass is 265 g/mol. The van der Waals surface area contributed by atoms with Gasteiger partial charge in [0.05, 0.1) is 11.8 Å². The third-order valence-electron chi connectivity index (χ3n) is 3.27. The van der Waals surface area contributed by atoms with Crippen molar-refractivity contribution in [1.82, 2.24) is 15.1 Å². The highest BCUT2D eigenvalue weighted by Crippen LogP contribution is 2.13. The molecule has 1 aromatic rings. The van der Waals surface area contributed by atoms with Crippen molar-refractivity contribution in [2.75, 3.05) is 32.7 Å². The lowest BCUT2D eigenvalue weighted by atomic mass is 10.2. The van der Waals surface area contributed by atoms with Crippen molar-refractivity contribution in [3.8, 4) is 0 Å². The number of rotatable bonds is 2. The summed E-state index contributed by atoms with van der Waals surface area (Å²) in [7, 11) is 0. The van der Waals surface area contributed by atoms with Crippen LogP contribution in [-0.4, -0.2) is 54.5 Å². The Hall–Kier alpha value is -1.98. The lowest BCUT2D eigenvalue weighted by molar-refractivity contribution is 0.0663. The standard InChI is InChI=1S/C13H19N3O3/c1-3-14-13(18)16-7-5-15(6-8-16)12(17)11-4-9-19-10(11)2/h4,9H,3,5-8H2,1-2H3,(H,14,18). The molecular weight excluding hydrogens is 246 g/mol. The van der Waals surface area contributed by atoms with Crippen molar-refractivity contribution in [2.24, 2.45) is 0 Å². The van der Waals surface area contributed by atoms with E-state index < -0.39 is 0 Å². The highest BCUT2D eigenvalue weighted by molar-refractivity contribution is 5.95. The summed E-state index contributed by atoms with van der Waals surface area (Å²) >= 11 is 0. The van der Waals surface area contributed by atoms with Gasteiger partial charge in [0, 0.05) is 32.7 Å². The summed E-state index contributed by atoms with van der Waals surface area (Å²) in [4.78, 5) is 27.4. The highest BCUT2D eigenvalue weighted by Gasteiger charge is 2.25. The number of piperazine rings is 1. The molecule has 104 valence electrons. The van der Waals surface area contributed by atoms with Crippen LogP contribution in [0.15, 0.2) is 16.7 Å². The summed E-state index contributed by atoms with van der Waals surface area (Å²) in [5.74, 6) is 0.609. The fraction of sp³-hybridized carbons (Fsp3) is 0.538. The maximum atomic E-state index is 12.2. The number of nitrogens with zero attached hydrogens (tertiary/aromatic N) is 2. The molecule has 1 saturated heterocycles. The maximum absolute atomic E-state index is 12.2. The number of hydrogen-bond acceptors (Lipinski definition) is 3. The molecule has 1 aromatic heterocycles. The summed E-state index contributed by atoms with van der Waals surface area (Å²) in [5.41, 5.74) is 0.603. The van der Waals surface area contributed by atoms with Crippen molar-refractivity contribution in [3.63, 3.8) is 0 Å². The Morgan fingerprint density at radius 2 is 1.89 bits per heavy atom. The van der Waals surface area contributed by atoms with E-state index in [4.69, 9.17) is 4.42 Å². The first-order chi connectivity index (χ1) is 9.13. The minimum atomic E-state index is -0.0610. The molecule has 1 aliphatic heterocycles. The fourth-order valence-corrected chi connectivity index (χ4v) is 2.15. The quantitative estimate of drug-likeness (QED) is 0.870. The minimum Gasteiger partial charge on any atom is -0.469 e. The van der Waals surface area contributed by atoms with Crippen LogP contribution in [0.25, 0.3) is 0 Å². The van der Waals surface area contributed by atoms with Crippen LogP contribution in [0.1, 0.15) is 23.0 Å². The van der Waals surface area contributed by atoms with Gasteiger partial charge in [-0.15, -0.1) is 0 Å². The summed E-state index contributed by atoms with van der Waals surface area (Å²) in [6, 6.07) is 1.63. The second-order valence-electron chi connectivity index (χ2n) is 4.51. The molecule has 0 aliphatic carbocycles. The SMILES string of the molecule is CCNC(=O)N1CCN(C(=O)c2ccoc2C)CC1. The van der Waals surface area contributed by atoms with Crippen molar-refractivity contribution in [3.05, 3.63) is 23.7 Å². The van der Waals surface area contributed by atoms with E-state index in [0.717, 1.165) is 0 Å². The molecule has 1 fully saturated rings. The third kappa shape index (κ3) is 2.89. The normalized spacial score (nSPS) is 15.5. The first-order valence-corrected chi connectivity index (χ1v) is 6.49. The largest absolute Gasteiger partial charge is 0.469 e. The zero-order valence-corrected chi connectivity index (χ0v) is 11.3. The predicted octanol–water partition coefficient (Wildman–Crippen LogP) is 1.08. The van der Waals surface area contributed by atoms with Crippen LogP contribution in [0, 0.1) is 6.92 Å². The molecule has 0 atom stereocenters. The smallest absolute Gasteiger partial charge is 0.317 e.